The fraction of sp³-hybridized carbons (Fsp3) is 1.00. The molecule has 0 spiro atoms. The van der Waals surface area contributed by atoms with E-state index in [-0.39, 0.29) is 6.61 Å². The smallest absolute Gasteiger partial charge is 0.187 e. The molecule has 0 unspecified atom stereocenters. The Balaban J connectivity index is 1.64. The number of hydrogen-bond donors (Lipinski definition) is 10. The van der Waals surface area contributed by atoms with E-state index in [0.717, 1.165) is 39.0 Å². The highest BCUT2D eigenvalue weighted by Gasteiger charge is 2.58. The highest BCUT2D eigenvalue weighted by molar-refractivity contribution is 5.02. The number of aliphatic hydroxyl groups excluding tert-OH is 9. The van der Waals surface area contributed by atoms with E-state index in [4.69, 9.17) is 28.4 Å². The van der Waals surface area contributed by atoms with E-state index in [1.165, 1.54) is 0 Å². The fourth-order valence-corrected chi connectivity index (χ4v) is 5.53. The molecular formula is C27H50O16. The summed E-state index contributed by atoms with van der Waals surface area (Å²) in [6, 6.07) is 0. The Morgan fingerprint density at radius 1 is 0.605 bits per heavy atom. The molecule has 0 aromatic heterocycles. The van der Waals surface area contributed by atoms with Crippen molar-refractivity contribution in [3.63, 3.8) is 0 Å². The molecule has 0 aromatic rings. The van der Waals surface area contributed by atoms with E-state index in [9.17, 15) is 51.1 Å². The lowest BCUT2D eigenvalue weighted by atomic mass is 9.85. The van der Waals surface area contributed by atoms with Gasteiger partial charge < -0.3 is 79.5 Å². The predicted octanol–water partition coefficient (Wildman–Crippen LogP) is -3.80. The Morgan fingerprint density at radius 3 is 1.79 bits per heavy atom. The monoisotopic (exact) mass is 630 g/mol. The first-order valence-electron chi connectivity index (χ1n) is 14.9. The van der Waals surface area contributed by atoms with E-state index in [1.54, 1.807) is 0 Å². The molecule has 3 fully saturated rings. The summed E-state index contributed by atoms with van der Waals surface area (Å²) < 4.78 is 33.5. The number of ether oxygens (including phenoxy) is 6. The third kappa shape index (κ3) is 8.59. The van der Waals surface area contributed by atoms with Crippen molar-refractivity contribution in [2.75, 3.05) is 26.4 Å². The van der Waals surface area contributed by atoms with E-state index in [0.29, 0.717) is 6.42 Å². The molecule has 3 rings (SSSR count). The molecule has 3 saturated heterocycles. The van der Waals surface area contributed by atoms with Crippen LogP contribution in [0.25, 0.3) is 0 Å². The van der Waals surface area contributed by atoms with Gasteiger partial charge in [-0.05, 0) is 13.3 Å². The Hall–Kier alpha value is -0.640. The van der Waals surface area contributed by atoms with E-state index in [2.05, 4.69) is 6.92 Å². The van der Waals surface area contributed by atoms with Gasteiger partial charge in [-0.3, -0.25) is 0 Å². The van der Waals surface area contributed by atoms with Gasteiger partial charge in [0.15, 0.2) is 18.9 Å². The third-order valence-corrected chi connectivity index (χ3v) is 8.28. The molecule has 0 aliphatic carbocycles. The van der Waals surface area contributed by atoms with Crippen LogP contribution in [-0.2, 0) is 28.4 Å². The molecule has 16 nitrogen and oxygen atoms in total. The maximum absolute atomic E-state index is 11.3. The first-order chi connectivity index (χ1) is 20.4. The zero-order valence-electron chi connectivity index (χ0n) is 24.6. The summed E-state index contributed by atoms with van der Waals surface area (Å²) in [4.78, 5) is 0. The van der Waals surface area contributed by atoms with Crippen LogP contribution in [-0.4, -0.2) is 169 Å². The summed E-state index contributed by atoms with van der Waals surface area (Å²) in [6.45, 7) is 1.28. The van der Waals surface area contributed by atoms with Crippen molar-refractivity contribution in [3.05, 3.63) is 0 Å². The molecule has 0 bridgehead atoms. The van der Waals surface area contributed by atoms with Gasteiger partial charge in [0.05, 0.1) is 19.8 Å². The molecule has 3 aliphatic heterocycles. The molecule has 0 radical (unpaired) electrons. The highest BCUT2D eigenvalue weighted by atomic mass is 16.8. The number of rotatable bonds is 15. The van der Waals surface area contributed by atoms with Gasteiger partial charge in [0.25, 0.3) is 0 Å². The van der Waals surface area contributed by atoms with Gasteiger partial charge in [-0.1, -0.05) is 39.0 Å². The molecule has 16 heteroatoms. The Labute approximate surface area is 250 Å². The van der Waals surface area contributed by atoms with Crippen LogP contribution in [0.1, 0.15) is 52.4 Å². The SMILES string of the molecule is CCCCCCCCO[C@@H]1O[C@H](CO)[C@@H](O[C@@H]2O[C@H](CO)[C@H](O[C@H]3O[C@H](CO)[C@H](O)[C@H](O)[C@H]3O)[C@](C)(O)[C@H]2O)[C@H](O)[C@H]1O. The minimum Gasteiger partial charge on any atom is -0.394 e. The maximum atomic E-state index is 11.3. The zero-order chi connectivity index (χ0) is 31.9. The molecule has 0 amide bonds. The van der Waals surface area contributed by atoms with Crippen LogP contribution in [0.5, 0.6) is 0 Å². The third-order valence-electron chi connectivity index (χ3n) is 8.28. The van der Waals surface area contributed by atoms with Crippen molar-refractivity contribution in [1.82, 2.24) is 0 Å². The molecule has 254 valence electrons. The van der Waals surface area contributed by atoms with Gasteiger partial charge in [-0.25, -0.2) is 0 Å². The lowest BCUT2D eigenvalue weighted by Crippen LogP contribution is -2.70. The van der Waals surface area contributed by atoms with Gasteiger partial charge >= 0.3 is 0 Å². The van der Waals surface area contributed by atoms with Gasteiger partial charge in [0, 0.05) is 6.61 Å². The summed E-state index contributed by atoms with van der Waals surface area (Å²) in [5.74, 6) is 0. The predicted molar refractivity (Wildman–Crippen MR) is 143 cm³/mol. The normalized spacial score (nSPS) is 45.8. The summed E-state index contributed by atoms with van der Waals surface area (Å²) in [5, 5.41) is 104. The van der Waals surface area contributed by atoms with Crippen molar-refractivity contribution in [2.45, 2.75) is 144 Å². The number of aliphatic hydroxyl groups is 10. The maximum Gasteiger partial charge on any atom is 0.187 e. The van der Waals surface area contributed by atoms with E-state index in [1.807, 2.05) is 0 Å². The van der Waals surface area contributed by atoms with Gasteiger partial charge in [0.1, 0.15) is 72.7 Å². The van der Waals surface area contributed by atoms with Crippen LogP contribution in [0.4, 0.5) is 0 Å². The second-order valence-corrected chi connectivity index (χ2v) is 11.6. The van der Waals surface area contributed by atoms with Crippen molar-refractivity contribution >= 4 is 0 Å². The van der Waals surface area contributed by atoms with E-state index >= 15 is 0 Å². The van der Waals surface area contributed by atoms with Crippen LogP contribution in [0, 0.1) is 0 Å². The minimum atomic E-state index is -2.29. The highest BCUT2D eigenvalue weighted by Crippen LogP contribution is 2.37. The Kier molecular flexibility index (Phi) is 14.4. The van der Waals surface area contributed by atoms with Gasteiger partial charge in [-0.2, -0.15) is 0 Å². The average molecular weight is 631 g/mol. The fourth-order valence-electron chi connectivity index (χ4n) is 5.53. The van der Waals surface area contributed by atoms with Gasteiger partial charge in [-0.15, -0.1) is 0 Å². The summed E-state index contributed by atoms with van der Waals surface area (Å²) in [5.41, 5.74) is -2.29. The van der Waals surface area contributed by atoms with Crippen LogP contribution < -0.4 is 0 Å². The number of unbranched alkanes of at least 4 members (excludes halogenated alkanes) is 5. The lowest BCUT2D eigenvalue weighted by molar-refractivity contribution is -0.394. The van der Waals surface area contributed by atoms with E-state index < -0.39 is 111 Å². The topological polar surface area (TPSA) is 258 Å². The molecule has 15 atom stereocenters. The Bertz CT molecular complexity index is 801. The number of hydrogen-bond acceptors (Lipinski definition) is 16. The molecule has 0 saturated carbocycles. The first-order valence-corrected chi connectivity index (χ1v) is 14.9. The Morgan fingerprint density at radius 2 is 1.16 bits per heavy atom. The quantitative estimate of drug-likeness (QED) is 0.0778. The molecular weight excluding hydrogens is 580 g/mol. The second kappa shape index (κ2) is 16.8. The average Bonchev–Trinajstić information content (AvgIpc) is 2.99. The zero-order valence-corrected chi connectivity index (χ0v) is 24.6. The second-order valence-electron chi connectivity index (χ2n) is 11.6. The summed E-state index contributed by atoms with van der Waals surface area (Å²) in [7, 11) is 0. The van der Waals surface area contributed by atoms with Crippen molar-refractivity contribution in [1.29, 1.82) is 0 Å². The standard InChI is InChI=1S/C27H50O16/c1-3-4-5-6-7-8-9-38-24-20(35)18(33)21(14(11-29)40-24)42-26-22(36)27(2,37)23(15(12-30)41-26)43-25-19(34)17(32)16(31)13(10-28)39-25/h13-26,28-37H,3-12H2,1-2H3/t13-,14-,15-,16+,17+,18-,19-,20-,21-,22+,23+,24-,25-,26+,27-/m1/s1. The first kappa shape index (κ1) is 36.8. The van der Waals surface area contributed by atoms with Crippen LogP contribution in [0.3, 0.4) is 0 Å². The van der Waals surface area contributed by atoms with Crippen LogP contribution in [0.2, 0.25) is 0 Å². The minimum absolute atomic E-state index is 0.256. The van der Waals surface area contributed by atoms with Gasteiger partial charge in [0.2, 0.25) is 0 Å². The molecule has 3 aliphatic rings. The van der Waals surface area contributed by atoms with Crippen molar-refractivity contribution in [3.8, 4) is 0 Å². The molecule has 10 N–H and O–H groups in total. The van der Waals surface area contributed by atoms with Crippen LogP contribution >= 0.6 is 0 Å². The van der Waals surface area contributed by atoms with Crippen molar-refractivity contribution < 1.29 is 79.5 Å². The molecule has 0 aromatic carbocycles. The summed E-state index contributed by atoms with van der Waals surface area (Å²) in [6.07, 6.45) is -16.2. The lowest BCUT2D eigenvalue weighted by Gasteiger charge is -2.51. The largest absolute Gasteiger partial charge is 0.394 e. The van der Waals surface area contributed by atoms with Crippen LogP contribution in [0.15, 0.2) is 0 Å². The summed E-state index contributed by atoms with van der Waals surface area (Å²) >= 11 is 0. The molecule has 43 heavy (non-hydrogen) atoms. The van der Waals surface area contributed by atoms with Crippen molar-refractivity contribution in [2.24, 2.45) is 0 Å². The molecule has 3 heterocycles.